The van der Waals surface area contributed by atoms with E-state index in [2.05, 4.69) is 32.4 Å². The molecule has 214 valence electrons. The zero-order valence-corrected chi connectivity index (χ0v) is 22.5. The molecule has 2 N–H and O–H groups in total. The highest BCUT2D eigenvalue weighted by Gasteiger charge is 2.38. The summed E-state index contributed by atoms with van der Waals surface area (Å²) in [6.07, 6.45) is -3.06. The summed E-state index contributed by atoms with van der Waals surface area (Å²) in [6, 6.07) is 7.15. The van der Waals surface area contributed by atoms with Crippen LogP contribution in [-0.4, -0.2) is 86.8 Å². The number of nitrogens with one attached hydrogen (secondary N) is 2. The van der Waals surface area contributed by atoms with Gasteiger partial charge in [0.25, 0.3) is 0 Å². The van der Waals surface area contributed by atoms with Gasteiger partial charge < -0.3 is 25.0 Å². The number of hydrogen-bond donors (Lipinski definition) is 2. The monoisotopic (exact) mass is 570 g/mol. The molecule has 5 rings (SSSR count). The fourth-order valence-corrected chi connectivity index (χ4v) is 6.52. The number of piperazine rings is 1. The summed E-state index contributed by atoms with van der Waals surface area (Å²) in [6.45, 7) is 5.87. The van der Waals surface area contributed by atoms with E-state index in [1.54, 1.807) is 12.1 Å². The van der Waals surface area contributed by atoms with Crippen LogP contribution in [0.4, 0.5) is 24.8 Å². The van der Waals surface area contributed by atoms with E-state index >= 15 is 0 Å². The summed E-state index contributed by atoms with van der Waals surface area (Å²) >= 11 is 0. The third kappa shape index (κ3) is 6.56. The average molecular weight is 571 g/mol. The highest BCUT2D eigenvalue weighted by molar-refractivity contribution is 7.89. The highest BCUT2D eigenvalue weighted by atomic mass is 32.2. The number of piperidine rings is 1. The van der Waals surface area contributed by atoms with Crippen molar-refractivity contribution in [1.82, 2.24) is 19.6 Å². The summed E-state index contributed by atoms with van der Waals surface area (Å²) in [5.74, 6) is -0.523. The van der Waals surface area contributed by atoms with Crippen LogP contribution in [0.5, 0.6) is 5.88 Å². The van der Waals surface area contributed by atoms with E-state index in [4.69, 9.17) is 9.47 Å². The van der Waals surface area contributed by atoms with Gasteiger partial charge in [-0.25, -0.2) is 13.4 Å². The Bertz CT molecular complexity index is 1230. The lowest BCUT2D eigenvalue weighted by atomic mass is 10.1. The molecule has 0 bridgehead atoms. The summed E-state index contributed by atoms with van der Waals surface area (Å²) in [5, 5.41) is 6.44. The van der Waals surface area contributed by atoms with Crippen molar-refractivity contribution in [1.29, 1.82) is 0 Å². The van der Waals surface area contributed by atoms with Gasteiger partial charge in [0.05, 0.1) is 18.1 Å². The minimum Gasteiger partial charge on any atom is -0.471 e. The maximum absolute atomic E-state index is 13.5. The van der Waals surface area contributed by atoms with Crippen molar-refractivity contribution >= 4 is 21.7 Å². The lowest BCUT2D eigenvalue weighted by Crippen LogP contribution is -2.49. The summed E-state index contributed by atoms with van der Waals surface area (Å²) in [7, 11) is -3.67. The number of ether oxygens (including phenoxy) is 2. The van der Waals surface area contributed by atoms with Crippen LogP contribution in [0.2, 0.25) is 0 Å². The van der Waals surface area contributed by atoms with Crippen LogP contribution < -0.4 is 20.3 Å². The van der Waals surface area contributed by atoms with E-state index in [0.29, 0.717) is 38.1 Å². The average Bonchev–Trinajstić information content (AvgIpc) is 3.42. The van der Waals surface area contributed by atoms with Gasteiger partial charge in [-0.1, -0.05) is 0 Å². The van der Waals surface area contributed by atoms with E-state index in [0.717, 1.165) is 25.3 Å². The molecule has 0 unspecified atom stereocenters. The third-order valence-corrected chi connectivity index (χ3v) is 9.13. The molecule has 39 heavy (non-hydrogen) atoms. The fourth-order valence-electron chi connectivity index (χ4n) is 5.05. The molecular formula is C25H33F3N6O4S. The minimum atomic E-state index is -4.66. The van der Waals surface area contributed by atoms with Gasteiger partial charge in [0, 0.05) is 63.1 Å². The molecule has 3 fully saturated rings. The number of anilines is 2. The zero-order valence-electron chi connectivity index (χ0n) is 21.7. The van der Waals surface area contributed by atoms with Crippen LogP contribution in [0.25, 0.3) is 0 Å². The van der Waals surface area contributed by atoms with Gasteiger partial charge in [-0.05, 0) is 44.0 Å². The normalized spacial score (nSPS) is 23.6. The maximum atomic E-state index is 13.5. The number of nitrogens with zero attached hydrogens (tertiary/aromatic N) is 4. The van der Waals surface area contributed by atoms with Crippen molar-refractivity contribution < 1.29 is 31.1 Å². The Morgan fingerprint density at radius 2 is 1.87 bits per heavy atom. The van der Waals surface area contributed by atoms with E-state index in [-0.39, 0.29) is 36.6 Å². The predicted octanol–water partition coefficient (Wildman–Crippen LogP) is 2.73. The van der Waals surface area contributed by atoms with E-state index < -0.39 is 33.7 Å². The number of benzene rings is 1. The van der Waals surface area contributed by atoms with Crippen molar-refractivity contribution in [3.05, 3.63) is 36.0 Å². The molecule has 2 aromatic rings. The summed E-state index contributed by atoms with van der Waals surface area (Å²) in [5.41, 5.74) is -0.0519. The topological polar surface area (TPSA) is 109 Å². The van der Waals surface area contributed by atoms with Crippen molar-refractivity contribution in [2.75, 3.05) is 56.2 Å². The van der Waals surface area contributed by atoms with Crippen LogP contribution in [-0.2, 0) is 20.9 Å². The highest BCUT2D eigenvalue weighted by Crippen LogP contribution is 2.36. The molecule has 10 nitrogen and oxygen atoms in total. The molecule has 1 aromatic carbocycles. The number of aromatic nitrogens is 2. The molecule has 2 atom stereocenters. The zero-order chi connectivity index (χ0) is 27.6. The second-order valence-corrected chi connectivity index (χ2v) is 12.1. The Hall–Kier alpha value is -2.68. The molecule has 0 amide bonds. The maximum Gasteiger partial charge on any atom is 0.423 e. The quantitative estimate of drug-likeness (QED) is 0.520. The standard InChI is InChI=1S/C25H33F3N6O4S/c1-17-15-33(12-9-29-17)19-2-4-21(5-3-19)39(35,36)34-10-6-18(7-11-34)31-24-30-14-22(25(26,27)28)23(32-24)38-20-8-13-37-16-20/h2-5,14,17-18,20,29H,6-13,15-16H2,1H3,(H,30,31,32)/t17-,20-/m0/s1. The minimum absolute atomic E-state index is 0.0102. The van der Waals surface area contributed by atoms with Gasteiger partial charge in [0.2, 0.25) is 21.9 Å². The van der Waals surface area contributed by atoms with Crippen LogP contribution in [0.3, 0.4) is 0 Å². The largest absolute Gasteiger partial charge is 0.471 e. The molecule has 0 spiro atoms. The smallest absolute Gasteiger partial charge is 0.423 e. The summed E-state index contributed by atoms with van der Waals surface area (Å²) in [4.78, 5) is 10.3. The number of halogens is 3. The van der Waals surface area contributed by atoms with Gasteiger partial charge in [-0.15, -0.1) is 0 Å². The van der Waals surface area contributed by atoms with E-state index in [9.17, 15) is 21.6 Å². The molecular weight excluding hydrogens is 537 g/mol. The Kier molecular flexibility index (Phi) is 8.17. The molecule has 4 heterocycles. The Balaban J connectivity index is 1.20. The number of rotatable bonds is 7. The van der Waals surface area contributed by atoms with Crippen molar-refractivity contribution in [2.45, 2.75) is 55.4 Å². The first kappa shape index (κ1) is 27.9. The second kappa shape index (κ2) is 11.4. The Labute approximate surface area is 225 Å². The van der Waals surface area contributed by atoms with Gasteiger partial charge >= 0.3 is 6.18 Å². The molecule has 1 aromatic heterocycles. The number of sulfonamides is 1. The Morgan fingerprint density at radius 3 is 2.51 bits per heavy atom. The van der Waals surface area contributed by atoms with Crippen LogP contribution in [0.1, 0.15) is 31.7 Å². The predicted molar refractivity (Wildman–Crippen MR) is 138 cm³/mol. The van der Waals surface area contributed by atoms with Gasteiger partial charge in [-0.2, -0.15) is 22.5 Å². The lowest BCUT2D eigenvalue weighted by Gasteiger charge is -2.34. The van der Waals surface area contributed by atoms with Crippen molar-refractivity contribution in [3.8, 4) is 5.88 Å². The molecule has 0 radical (unpaired) electrons. The third-order valence-electron chi connectivity index (χ3n) is 7.22. The number of hydrogen-bond acceptors (Lipinski definition) is 9. The molecule has 14 heteroatoms. The lowest BCUT2D eigenvalue weighted by molar-refractivity contribution is -0.139. The second-order valence-electron chi connectivity index (χ2n) is 10.1. The van der Waals surface area contributed by atoms with Gasteiger partial charge in [0.15, 0.2) is 0 Å². The van der Waals surface area contributed by atoms with Crippen LogP contribution >= 0.6 is 0 Å². The molecule has 0 aliphatic carbocycles. The van der Waals surface area contributed by atoms with Crippen molar-refractivity contribution in [3.63, 3.8) is 0 Å². The molecule has 3 saturated heterocycles. The van der Waals surface area contributed by atoms with Crippen molar-refractivity contribution in [2.24, 2.45) is 0 Å². The first-order valence-electron chi connectivity index (χ1n) is 13.1. The van der Waals surface area contributed by atoms with Gasteiger partial charge in [-0.3, -0.25) is 0 Å². The van der Waals surface area contributed by atoms with Crippen LogP contribution in [0.15, 0.2) is 35.4 Å². The Morgan fingerprint density at radius 1 is 1.13 bits per heavy atom. The number of alkyl halides is 3. The molecule has 3 aliphatic heterocycles. The molecule has 0 saturated carbocycles. The van der Waals surface area contributed by atoms with Gasteiger partial charge in [0.1, 0.15) is 11.7 Å². The first-order chi connectivity index (χ1) is 18.6. The first-order valence-corrected chi connectivity index (χ1v) is 14.6. The van der Waals surface area contributed by atoms with Crippen LogP contribution in [0, 0.1) is 0 Å². The van der Waals surface area contributed by atoms with E-state index in [1.807, 2.05) is 12.1 Å². The summed E-state index contributed by atoms with van der Waals surface area (Å²) < 4.78 is 79.0. The molecule has 3 aliphatic rings. The van der Waals surface area contributed by atoms with E-state index in [1.165, 1.54) is 4.31 Å². The fraction of sp³-hybridized carbons (Fsp3) is 0.600. The SMILES string of the molecule is C[C@H]1CN(c2ccc(S(=O)(=O)N3CCC(Nc4ncc(C(F)(F)F)c(O[C@H]5CCOC5)n4)CC3)cc2)CCN1.